The smallest absolute Gasteiger partial charge is 0.274 e. The molecule has 0 aliphatic carbocycles. The highest BCUT2D eigenvalue weighted by atomic mass is 19.3. The van der Waals surface area contributed by atoms with E-state index >= 15 is 0 Å². The van der Waals surface area contributed by atoms with Crippen molar-refractivity contribution in [1.82, 2.24) is 20.1 Å². The predicted octanol–water partition coefficient (Wildman–Crippen LogP) is 3.37. The van der Waals surface area contributed by atoms with Crippen molar-refractivity contribution in [3.63, 3.8) is 0 Å². The molecule has 3 aliphatic rings. The van der Waals surface area contributed by atoms with Crippen molar-refractivity contribution in [3.8, 4) is 0 Å². The van der Waals surface area contributed by atoms with Crippen LogP contribution < -0.4 is 10.2 Å². The van der Waals surface area contributed by atoms with E-state index in [1.165, 1.54) is 12.3 Å². The summed E-state index contributed by atoms with van der Waals surface area (Å²) >= 11 is 0. The molecule has 0 bridgehead atoms. The van der Waals surface area contributed by atoms with E-state index in [2.05, 4.69) is 40.9 Å². The molecule has 2 saturated heterocycles. The largest absolute Gasteiger partial charge is 0.373 e. The maximum atomic E-state index is 14.7. The molecule has 7 nitrogen and oxygen atoms in total. The molecule has 0 radical (unpaired) electrons. The van der Waals surface area contributed by atoms with Gasteiger partial charge in [-0.25, -0.2) is 8.78 Å². The molecule has 0 saturated carbocycles. The number of piperazine rings is 1. The summed E-state index contributed by atoms with van der Waals surface area (Å²) in [5, 5.41) is 3.56. The highest BCUT2D eigenvalue weighted by molar-refractivity contribution is 5.97. The number of morpholine rings is 1. The van der Waals surface area contributed by atoms with Crippen LogP contribution in [0.25, 0.3) is 0 Å². The van der Waals surface area contributed by atoms with Gasteiger partial charge in [-0.15, -0.1) is 0 Å². The Balaban J connectivity index is 1.52. The van der Waals surface area contributed by atoms with Gasteiger partial charge in [0.2, 0.25) is 5.91 Å². The molecule has 3 aliphatic heterocycles. The number of carbonyl (C=O) groups excluding carboxylic acids is 1. The quantitative estimate of drug-likeness (QED) is 0.611. The SMILES string of the molecule is CCCC(F)(F)c1cnc2c(c1)N(C(=O)CN1CC(C)NC[C@@H]1CN1C[C@@H](C)O[C@@H](C)C1)CC2(C)C. The molecule has 202 valence electrons. The topological polar surface area (TPSA) is 60.9 Å². The zero-order chi connectivity index (χ0) is 26.3. The van der Waals surface area contributed by atoms with Crippen molar-refractivity contribution in [1.29, 1.82) is 0 Å². The van der Waals surface area contributed by atoms with E-state index in [4.69, 9.17) is 4.74 Å². The highest BCUT2D eigenvalue weighted by Crippen LogP contribution is 2.42. The lowest BCUT2D eigenvalue weighted by Crippen LogP contribution is -2.62. The first-order chi connectivity index (χ1) is 16.9. The zero-order valence-corrected chi connectivity index (χ0v) is 22.7. The Hall–Kier alpha value is -1.68. The summed E-state index contributed by atoms with van der Waals surface area (Å²) in [5.41, 5.74) is 0.755. The molecular weight excluding hydrogens is 464 g/mol. The maximum absolute atomic E-state index is 14.7. The van der Waals surface area contributed by atoms with E-state index in [1.807, 2.05) is 13.8 Å². The average Bonchev–Trinajstić information content (AvgIpc) is 3.05. The van der Waals surface area contributed by atoms with Crippen LogP contribution in [-0.4, -0.2) is 90.8 Å². The number of nitrogens with zero attached hydrogens (tertiary/aromatic N) is 4. The number of alkyl halides is 2. The van der Waals surface area contributed by atoms with Crippen molar-refractivity contribution >= 4 is 11.6 Å². The van der Waals surface area contributed by atoms with Crippen molar-refractivity contribution in [2.45, 2.75) is 90.0 Å². The summed E-state index contributed by atoms with van der Waals surface area (Å²) in [5.74, 6) is -3.01. The molecule has 9 heteroatoms. The first-order valence-corrected chi connectivity index (χ1v) is 13.4. The monoisotopic (exact) mass is 507 g/mol. The first kappa shape index (κ1) is 27.4. The van der Waals surface area contributed by atoms with Gasteiger partial charge in [0.25, 0.3) is 5.92 Å². The van der Waals surface area contributed by atoms with Gasteiger partial charge in [0.05, 0.1) is 30.1 Å². The van der Waals surface area contributed by atoms with Gasteiger partial charge in [0.15, 0.2) is 0 Å². The second-order valence-electron chi connectivity index (χ2n) is 11.8. The number of hydrogen-bond acceptors (Lipinski definition) is 6. The van der Waals surface area contributed by atoms with Gasteiger partial charge in [0, 0.05) is 74.9 Å². The summed E-state index contributed by atoms with van der Waals surface area (Å²) < 4.78 is 35.3. The molecule has 0 spiro atoms. The number of nitrogens with one attached hydrogen (secondary N) is 1. The molecule has 1 unspecified atom stereocenters. The van der Waals surface area contributed by atoms with Gasteiger partial charge in [-0.3, -0.25) is 19.6 Å². The molecule has 1 amide bonds. The van der Waals surface area contributed by atoms with Gasteiger partial charge in [0.1, 0.15) is 0 Å². The number of aromatic nitrogens is 1. The lowest BCUT2D eigenvalue weighted by atomic mass is 9.91. The minimum absolute atomic E-state index is 0.0533. The fourth-order valence-corrected chi connectivity index (χ4v) is 6.01. The third-order valence-electron chi connectivity index (χ3n) is 7.67. The van der Waals surface area contributed by atoms with Gasteiger partial charge < -0.3 is 15.0 Å². The molecule has 36 heavy (non-hydrogen) atoms. The van der Waals surface area contributed by atoms with Crippen molar-refractivity contribution in [2.75, 3.05) is 50.7 Å². The van der Waals surface area contributed by atoms with Gasteiger partial charge in [-0.2, -0.15) is 0 Å². The van der Waals surface area contributed by atoms with Crippen LogP contribution in [0, 0.1) is 0 Å². The van der Waals surface area contributed by atoms with Gasteiger partial charge in [-0.05, 0) is 26.8 Å². The second kappa shape index (κ2) is 10.6. The zero-order valence-electron chi connectivity index (χ0n) is 22.7. The van der Waals surface area contributed by atoms with Crippen LogP contribution in [0.1, 0.15) is 65.6 Å². The average molecular weight is 508 g/mol. The highest BCUT2D eigenvalue weighted by Gasteiger charge is 2.42. The summed E-state index contributed by atoms with van der Waals surface area (Å²) in [6, 6.07) is 1.97. The number of pyridine rings is 1. The Labute approximate surface area is 214 Å². The van der Waals surface area contributed by atoms with Crippen LogP contribution in [0.15, 0.2) is 12.3 Å². The van der Waals surface area contributed by atoms with E-state index in [-0.39, 0.29) is 54.1 Å². The first-order valence-electron chi connectivity index (χ1n) is 13.4. The van der Waals surface area contributed by atoms with Crippen LogP contribution in [0.5, 0.6) is 0 Å². The number of ether oxygens (including phenoxy) is 1. The molecule has 1 aromatic heterocycles. The van der Waals surface area contributed by atoms with Crippen molar-refractivity contribution in [3.05, 3.63) is 23.5 Å². The molecule has 4 rings (SSSR count). The number of hydrogen-bond donors (Lipinski definition) is 1. The number of halogens is 2. The minimum Gasteiger partial charge on any atom is -0.373 e. The predicted molar refractivity (Wildman–Crippen MR) is 138 cm³/mol. The van der Waals surface area contributed by atoms with Gasteiger partial charge in [-0.1, -0.05) is 27.2 Å². The van der Waals surface area contributed by atoms with Crippen molar-refractivity contribution in [2.24, 2.45) is 0 Å². The number of fused-ring (bicyclic) bond motifs is 1. The standard InChI is InChI=1S/C27H43F2N5O2/c1-7-8-27(28,29)21-9-23-25(31-10-21)26(5,6)17-34(23)24(35)16-33-12-18(2)30-11-22(33)15-32-13-19(3)36-20(4)14-32/h9-10,18-20,22,30H,7-8,11-17H2,1-6H3/t18?,19-,20+,22-/m1/s1. The Bertz CT molecular complexity index is 933. The minimum atomic E-state index is -2.95. The van der Waals surface area contributed by atoms with Crippen molar-refractivity contribution < 1.29 is 18.3 Å². The molecule has 1 aromatic rings. The third-order valence-corrected chi connectivity index (χ3v) is 7.67. The fourth-order valence-electron chi connectivity index (χ4n) is 6.01. The molecule has 2 fully saturated rings. The van der Waals surface area contributed by atoms with Crippen LogP contribution >= 0.6 is 0 Å². The number of amides is 1. The Morgan fingerprint density at radius 1 is 1.22 bits per heavy atom. The van der Waals surface area contributed by atoms with Gasteiger partial charge >= 0.3 is 0 Å². The van der Waals surface area contributed by atoms with Crippen LogP contribution in [0.4, 0.5) is 14.5 Å². The van der Waals surface area contributed by atoms with Crippen LogP contribution in [-0.2, 0) is 20.9 Å². The Kier molecular flexibility index (Phi) is 8.05. The summed E-state index contributed by atoms with van der Waals surface area (Å²) in [6.45, 7) is 17.0. The van der Waals surface area contributed by atoms with Crippen LogP contribution in [0.2, 0.25) is 0 Å². The van der Waals surface area contributed by atoms with E-state index in [0.717, 1.165) is 32.7 Å². The lowest BCUT2D eigenvalue weighted by Gasteiger charge is -2.44. The van der Waals surface area contributed by atoms with E-state index in [0.29, 0.717) is 24.3 Å². The maximum Gasteiger partial charge on any atom is 0.274 e. The number of anilines is 1. The Morgan fingerprint density at radius 2 is 1.92 bits per heavy atom. The lowest BCUT2D eigenvalue weighted by molar-refractivity contribution is -0.121. The molecule has 1 N–H and O–H groups in total. The number of rotatable bonds is 7. The molecular formula is C27H43F2N5O2. The molecule has 0 aromatic carbocycles. The van der Waals surface area contributed by atoms with E-state index < -0.39 is 5.92 Å². The summed E-state index contributed by atoms with van der Waals surface area (Å²) in [4.78, 5) is 24.5. The molecule has 4 atom stereocenters. The van der Waals surface area contributed by atoms with Crippen LogP contribution in [0.3, 0.4) is 0 Å². The normalized spacial score (nSPS) is 29.4. The van der Waals surface area contributed by atoms with E-state index in [9.17, 15) is 13.6 Å². The van der Waals surface area contributed by atoms with E-state index in [1.54, 1.807) is 11.8 Å². The number of carbonyl (C=O) groups is 1. The molecule has 4 heterocycles. The fraction of sp³-hybridized carbons (Fsp3) is 0.778. The third kappa shape index (κ3) is 5.90. The Morgan fingerprint density at radius 3 is 2.58 bits per heavy atom. The second-order valence-corrected chi connectivity index (χ2v) is 11.8. The summed E-state index contributed by atoms with van der Waals surface area (Å²) in [7, 11) is 0. The summed E-state index contributed by atoms with van der Waals surface area (Å²) in [6.07, 6.45) is 1.82.